The summed E-state index contributed by atoms with van der Waals surface area (Å²) in [7, 11) is 1.61. The molecule has 21 heavy (non-hydrogen) atoms. The van der Waals surface area contributed by atoms with Crippen molar-refractivity contribution in [1.29, 1.82) is 0 Å². The van der Waals surface area contributed by atoms with Crippen molar-refractivity contribution in [3.8, 4) is 0 Å². The van der Waals surface area contributed by atoms with E-state index in [1.165, 1.54) is 11.0 Å². The lowest BCUT2D eigenvalue weighted by Crippen LogP contribution is -2.29. The van der Waals surface area contributed by atoms with Gasteiger partial charge in [0.1, 0.15) is 17.6 Å². The Morgan fingerprint density at radius 3 is 2.95 bits per heavy atom. The zero-order valence-electron chi connectivity index (χ0n) is 11.4. The van der Waals surface area contributed by atoms with Gasteiger partial charge in [0, 0.05) is 18.5 Å². The molecule has 8 heteroatoms. The zero-order chi connectivity index (χ0) is 15.4. The largest absolute Gasteiger partial charge is 0.384 e. The lowest BCUT2D eigenvalue weighted by Gasteiger charge is -2.16. The third-order valence-electron chi connectivity index (χ3n) is 2.95. The van der Waals surface area contributed by atoms with Crippen LogP contribution in [-0.2, 0) is 6.42 Å². The summed E-state index contributed by atoms with van der Waals surface area (Å²) in [5, 5.41) is 12.9. The lowest BCUT2D eigenvalue weighted by atomic mass is 10.2. The number of carbonyl (C=O) groups excluding carboxylic acids is 1. The maximum absolute atomic E-state index is 12.3. The molecule has 0 aliphatic heterocycles. The van der Waals surface area contributed by atoms with Gasteiger partial charge in [-0.15, -0.1) is 11.3 Å². The molecule has 0 bridgehead atoms. The monoisotopic (exact) mass is 306 g/mol. The molecule has 0 saturated heterocycles. The summed E-state index contributed by atoms with van der Waals surface area (Å²) in [6.07, 6.45) is 1.71. The molecule has 0 saturated carbocycles. The number of hydrogen-bond acceptors (Lipinski definition) is 6. The number of likely N-dealkylation sites (N-methyl/N-ethyl adjacent to an activating group) is 1. The number of anilines is 1. The highest BCUT2D eigenvalue weighted by atomic mass is 32.1. The second-order valence-electron chi connectivity index (χ2n) is 4.44. The van der Waals surface area contributed by atoms with Crippen molar-refractivity contribution >= 4 is 28.7 Å². The van der Waals surface area contributed by atoms with Crippen molar-refractivity contribution in [3.63, 3.8) is 0 Å². The van der Waals surface area contributed by atoms with Crippen LogP contribution >= 0.6 is 11.3 Å². The molecule has 0 radical (unpaired) electrons. The van der Waals surface area contributed by atoms with E-state index in [0.29, 0.717) is 13.0 Å². The van der Waals surface area contributed by atoms with Crippen LogP contribution in [0.1, 0.15) is 15.2 Å². The number of nitro groups is 1. The van der Waals surface area contributed by atoms with E-state index in [4.69, 9.17) is 5.73 Å². The smallest absolute Gasteiger partial charge is 0.300 e. The Kier molecular flexibility index (Phi) is 4.49. The molecule has 7 nitrogen and oxygen atoms in total. The van der Waals surface area contributed by atoms with E-state index in [9.17, 15) is 14.9 Å². The second kappa shape index (κ2) is 6.31. The van der Waals surface area contributed by atoms with Gasteiger partial charge in [-0.1, -0.05) is 6.07 Å². The standard InChI is InChI=1S/C13H14N4O3S/c1-16(5-4-9-3-2-6-21-9)13(18)10-7-12(14)15-8-11(10)17(19)20/h2-3,6-8H,4-5H2,1H3,(H2,14,15). The number of carbonyl (C=O) groups is 1. The van der Waals surface area contributed by atoms with Crippen molar-refractivity contribution in [2.75, 3.05) is 19.3 Å². The fourth-order valence-corrected chi connectivity index (χ4v) is 2.52. The minimum atomic E-state index is -0.632. The van der Waals surface area contributed by atoms with Crippen LogP contribution in [0, 0.1) is 10.1 Å². The van der Waals surface area contributed by atoms with Crippen molar-refractivity contribution in [3.05, 3.63) is 50.3 Å². The van der Waals surface area contributed by atoms with E-state index in [2.05, 4.69) is 4.98 Å². The van der Waals surface area contributed by atoms with Crippen LogP contribution in [0.15, 0.2) is 29.8 Å². The maximum atomic E-state index is 12.3. The van der Waals surface area contributed by atoms with Crippen molar-refractivity contribution in [1.82, 2.24) is 9.88 Å². The van der Waals surface area contributed by atoms with Crippen molar-refractivity contribution < 1.29 is 9.72 Å². The summed E-state index contributed by atoms with van der Waals surface area (Å²) in [5.41, 5.74) is 5.14. The van der Waals surface area contributed by atoms with Crippen LogP contribution in [0.5, 0.6) is 0 Å². The molecule has 2 rings (SSSR count). The molecule has 2 N–H and O–H groups in total. The Morgan fingerprint density at radius 1 is 1.57 bits per heavy atom. The number of nitrogen functional groups attached to an aromatic ring is 1. The van der Waals surface area contributed by atoms with Gasteiger partial charge in [-0.3, -0.25) is 14.9 Å². The number of pyridine rings is 1. The molecule has 0 atom stereocenters. The molecular formula is C13H14N4O3S. The summed E-state index contributed by atoms with van der Waals surface area (Å²) in [6.45, 7) is 0.471. The molecule has 0 aliphatic carbocycles. The highest BCUT2D eigenvalue weighted by molar-refractivity contribution is 7.09. The van der Waals surface area contributed by atoms with E-state index in [1.807, 2.05) is 17.5 Å². The molecule has 2 aromatic rings. The van der Waals surface area contributed by atoms with Gasteiger partial charge in [0.25, 0.3) is 11.6 Å². The predicted molar refractivity (Wildman–Crippen MR) is 80.3 cm³/mol. The zero-order valence-corrected chi connectivity index (χ0v) is 12.2. The molecule has 0 unspecified atom stereocenters. The Morgan fingerprint density at radius 2 is 2.33 bits per heavy atom. The molecule has 2 aromatic heterocycles. The average Bonchev–Trinajstić information content (AvgIpc) is 2.96. The molecule has 0 aromatic carbocycles. The van der Waals surface area contributed by atoms with Gasteiger partial charge < -0.3 is 10.6 Å². The lowest BCUT2D eigenvalue weighted by molar-refractivity contribution is -0.385. The molecule has 0 aliphatic rings. The Balaban J connectivity index is 2.15. The Hall–Kier alpha value is -2.48. The van der Waals surface area contributed by atoms with Gasteiger partial charge in [0.15, 0.2) is 0 Å². The Bertz CT molecular complexity index is 657. The van der Waals surface area contributed by atoms with E-state index in [-0.39, 0.29) is 17.1 Å². The summed E-state index contributed by atoms with van der Waals surface area (Å²) in [5.74, 6) is -0.358. The third kappa shape index (κ3) is 3.54. The first-order valence-electron chi connectivity index (χ1n) is 6.17. The Labute approximate surface area is 125 Å². The van der Waals surface area contributed by atoms with Crippen molar-refractivity contribution in [2.45, 2.75) is 6.42 Å². The topological polar surface area (TPSA) is 102 Å². The maximum Gasteiger partial charge on any atom is 0.300 e. The molecule has 110 valence electrons. The van der Waals surface area contributed by atoms with E-state index in [0.717, 1.165) is 11.1 Å². The molecule has 1 amide bonds. The highest BCUT2D eigenvalue weighted by Gasteiger charge is 2.23. The normalized spacial score (nSPS) is 10.3. The number of nitrogens with two attached hydrogens (primary N) is 1. The van der Waals surface area contributed by atoms with Gasteiger partial charge in [-0.25, -0.2) is 4.98 Å². The quantitative estimate of drug-likeness (QED) is 0.672. The minimum absolute atomic E-state index is 0.0406. The number of aromatic nitrogens is 1. The number of amides is 1. The van der Waals surface area contributed by atoms with E-state index >= 15 is 0 Å². The fraction of sp³-hybridized carbons (Fsp3) is 0.231. The minimum Gasteiger partial charge on any atom is -0.384 e. The van der Waals surface area contributed by atoms with Crippen LogP contribution in [0.2, 0.25) is 0 Å². The fourth-order valence-electron chi connectivity index (χ4n) is 1.82. The summed E-state index contributed by atoms with van der Waals surface area (Å²) >= 11 is 1.61. The van der Waals surface area contributed by atoms with Crippen LogP contribution < -0.4 is 5.73 Å². The van der Waals surface area contributed by atoms with Gasteiger partial charge >= 0.3 is 0 Å². The average molecular weight is 306 g/mol. The van der Waals surface area contributed by atoms with Crippen LogP contribution in [0.4, 0.5) is 11.5 Å². The number of rotatable bonds is 5. The number of hydrogen-bond donors (Lipinski definition) is 1. The van der Waals surface area contributed by atoms with Gasteiger partial charge in [-0.05, 0) is 23.9 Å². The van der Waals surface area contributed by atoms with Crippen LogP contribution in [0.3, 0.4) is 0 Å². The second-order valence-corrected chi connectivity index (χ2v) is 5.47. The highest BCUT2D eigenvalue weighted by Crippen LogP contribution is 2.21. The van der Waals surface area contributed by atoms with Gasteiger partial charge in [0.05, 0.1) is 4.92 Å². The number of nitrogens with zero attached hydrogens (tertiary/aromatic N) is 3. The van der Waals surface area contributed by atoms with E-state index in [1.54, 1.807) is 18.4 Å². The summed E-state index contributed by atoms with van der Waals surface area (Å²) < 4.78 is 0. The summed E-state index contributed by atoms with van der Waals surface area (Å²) in [4.78, 5) is 28.9. The first-order valence-corrected chi connectivity index (χ1v) is 7.04. The van der Waals surface area contributed by atoms with Gasteiger partial charge in [-0.2, -0.15) is 0 Å². The third-order valence-corrected chi connectivity index (χ3v) is 3.89. The molecular weight excluding hydrogens is 292 g/mol. The molecule has 0 fully saturated rings. The SMILES string of the molecule is CN(CCc1cccs1)C(=O)c1cc(N)ncc1[N+](=O)[O-]. The van der Waals surface area contributed by atoms with E-state index < -0.39 is 10.8 Å². The van der Waals surface area contributed by atoms with Crippen LogP contribution in [-0.4, -0.2) is 34.3 Å². The predicted octanol–water partition coefficient (Wildman–Crippen LogP) is 1.95. The first-order chi connectivity index (χ1) is 9.99. The molecule has 0 spiro atoms. The van der Waals surface area contributed by atoms with Crippen LogP contribution in [0.25, 0.3) is 0 Å². The summed E-state index contributed by atoms with van der Waals surface area (Å²) in [6, 6.07) is 5.16. The molecule has 2 heterocycles. The number of thiophene rings is 1. The first kappa shape index (κ1) is 14.9. The van der Waals surface area contributed by atoms with Crippen molar-refractivity contribution in [2.24, 2.45) is 0 Å². The van der Waals surface area contributed by atoms with Gasteiger partial charge in [0.2, 0.25) is 0 Å².